The number of hydrogen-bond donors (Lipinski definition) is 1. The molecule has 0 saturated heterocycles. The number of rotatable bonds is 4. The van der Waals surface area contributed by atoms with Gasteiger partial charge in [0.05, 0.1) is 4.88 Å². The van der Waals surface area contributed by atoms with E-state index in [1.54, 1.807) is 0 Å². The van der Waals surface area contributed by atoms with Crippen LogP contribution in [0.2, 0.25) is 0 Å². The second-order valence-corrected chi connectivity index (χ2v) is 5.39. The van der Waals surface area contributed by atoms with Crippen molar-refractivity contribution < 1.29 is 4.79 Å². The van der Waals surface area contributed by atoms with Gasteiger partial charge in [-0.15, -0.1) is 11.3 Å². The summed E-state index contributed by atoms with van der Waals surface area (Å²) in [5.74, 6) is -0.0200. The molecule has 2 rings (SSSR count). The van der Waals surface area contributed by atoms with Crippen molar-refractivity contribution >= 4 is 38.9 Å². The first-order valence-electron chi connectivity index (χ1n) is 5.77. The molecule has 0 spiro atoms. The Morgan fingerprint density at radius 1 is 1.28 bits per heavy atom. The molecule has 0 radical (unpaired) electrons. The van der Waals surface area contributed by atoms with Crippen LogP contribution in [-0.2, 0) is 11.8 Å². The zero-order valence-corrected chi connectivity index (χ0v) is 12.5. The summed E-state index contributed by atoms with van der Waals surface area (Å²) in [4.78, 5) is 12.9. The molecule has 0 saturated carbocycles. The minimum Gasteiger partial charge on any atom is -0.321 e. The highest BCUT2D eigenvalue weighted by Gasteiger charge is 2.11. The standard InChI is InChI=1S/C14H14BrNOS/c1-2-11-7-8-18-13(11)14(17)16-12-5-3-10(9-15)4-6-12/h3-8H,2,9H2,1H3,(H,16,17). The van der Waals surface area contributed by atoms with Crippen LogP contribution in [-0.4, -0.2) is 5.91 Å². The average molecular weight is 324 g/mol. The molecule has 0 atom stereocenters. The van der Waals surface area contributed by atoms with Crippen LogP contribution in [0, 0.1) is 0 Å². The lowest BCUT2D eigenvalue weighted by atomic mass is 10.2. The summed E-state index contributed by atoms with van der Waals surface area (Å²) in [6.07, 6.45) is 0.884. The number of alkyl halides is 1. The summed E-state index contributed by atoms with van der Waals surface area (Å²) in [6.45, 7) is 2.06. The molecule has 1 amide bonds. The van der Waals surface area contributed by atoms with Crippen molar-refractivity contribution in [1.29, 1.82) is 0 Å². The zero-order chi connectivity index (χ0) is 13.0. The first-order chi connectivity index (χ1) is 8.74. The average Bonchev–Trinajstić information content (AvgIpc) is 2.88. The fourth-order valence-electron chi connectivity index (χ4n) is 1.68. The highest BCUT2D eigenvalue weighted by Crippen LogP contribution is 2.19. The summed E-state index contributed by atoms with van der Waals surface area (Å²) in [5, 5.41) is 5.71. The van der Waals surface area contributed by atoms with Crippen LogP contribution in [0.25, 0.3) is 0 Å². The number of thiophene rings is 1. The lowest BCUT2D eigenvalue weighted by Gasteiger charge is -2.05. The number of aryl methyl sites for hydroxylation is 1. The Morgan fingerprint density at radius 3 is 2.61 bits per heavy atom. The number of carbonyl (C=O) groups excluding carboxylic acids is 1. The molecule has 18 heavy (non-hydrogen) atoms. The van der Waals surface area contributed by atoms with Gasteiger partial charge in [0.15, 0.2) is 0 Å². The van der Waals surface area contributed by atoms with Gasteiger partial charge in [0.1, 0.15) is 0 Å². The van der Waals surface area contributed by atoms with E-state index in [1.807, 2.05) is 35.7 Å². The molecular weight excluding hydrogens is 310 g/mol. The zero-order valence-electron chi connectivity index (χ0n) is 10.1. The maximum atomic E-state index is 12.1. The van der Waals surface area contributed by atoms with Gasteiger partial charge in [-0.2, -0.15) is 0 Å². The monoisotopic (exact) mass is 323 g/mol. The van der Waals surface area contributed by atoms with Crippen LogP contribution < -0.4 is 5.32 Å². The van der Waals surface area contributed by atoms with E-state index < -0.39 is 0 Å². The van der Waals surface area contributed by atoms with Crippen molar-refractivity contribution in [2.75, 3.05) is 5.32 Å². The van der Waals surface area contributed by atoms with Gasteiger partial charge >= 0.3 is 0 Å². The van der Waals surface area contributed by atoms with Gasteiger partial charge in [-0.25, -0.2) is 0 Å². The fourth-order valence-corrected chi connectivity index (χ4v) is 2.94. The van der Waals surface area contributed by atoms with Crippen molar-refractivity contribution in [3.63, 3.8) is 0 Å². The first kappa shape index (κ1) is 13.3. The third kappa shape index (κ3) is 3.00. The van der Waals surface area contributed by atoms with Gasteiger partial charge in [0, 0.05) is 11.0 Å². The molecule has 1 aromatic carbocycles. The first-order valence-corrected chi connectivity index (χ1v) is 7.77. The summed E-state index contributed by atoms with van der Waals surface area (Å²) >= 11 is 4.89. The van der Waals surface area contributed by atoms with Crippen LogP contribution in [0.1, 0.15) is 27.7 Å². The molecule has 0 bridgehead atoms. The normalized spacial score (nSPS) is 10.3. The summed E-state index contributed by atoms with van der Waals surface area (Å²) in [5.41, 5.74) is 3.13. The maximum Gasteiger partial charge on any atom is 0.266 e. The molecule has 2 aromatic rings. The molecule has 1 N–H and O–H groups in total. The molecule has 0 unspecified atom stereocenters. The summed E-state index contributed by atoms with van der Waals surface area (Å²) in [6, 6.07) is 9.86. The molecule has 1 aromatic heterocycles. The molecule has 94 valence electrons. The van der Waals surface area contributed by atoms with Crippen molar-refractivity contribution in [3.8, 4) is 0 Å². The molecule has 0 aliphatic heterocycles. The molecule has 1 heterocycles. The Balaban J connectivity index is 2.11. The predicted octanol–water partition coefficient (Wildman–Crippen LogP) is 4.46. The van der Waals surface area contributed by atoms with E-state index in [-0.39, 0.29) is 5.91 Å². The van der Waals surface area contributed by atoms with Gasteiger partial charge in [-0.1, -0.05) is 35.0 Å². The molecule has 2 nitrogen and oxygen atoms in total. The van der Waals surface area contributed by atoms with Crippen LogP contribution >= 0.6 is 27.3 Å². The maximum absolute atomic E-state index is 12.1. The number of anilines is 1. The van der Waals surface area contributed by atoms with E-state index in [2.05, 4.69) is 28.2 Å². The van der Waals surface area contributed by atoms with Gasteiger partial charge in [0.2, 0.25) is 0 Å². The van der Waals surface area contributed by atoms with E-state index in [0.717, 1.165) is 27.9 Å². The van der Waals surface area contributed by atoms with E-state index in [0.29, 0.717) is 0 Å². The SMILES string of the molecule is CCc1ccsc1C(=O)Nc1ccc(CBr)cc1. The van der Waals surface area contributed by atoms with Crippen molar-refractivity contribution in [2.45, 2.75) is 18.7 Å². The molecule has 0 fully saturated rings. The number of carbonyl (C=O) groups is 1. The molecule has 4 heteroatoms. The van der Waals surface area contributed by atoms with E-state index in [1.165, 1.54) is 16.9 Å². The van der Waals surface area contributed by atoms with Gasteiger partial charge in [-0.3, -0.25) is 4.79 Å². The number of nitrogens with one attached hydrogen (secondary N) is 1. The second kappa shape index (κ2) is 6.16. The van der Waals surface area contributed by atoms with E-state index in [9.17, 15) is 4.79 Å². The largest absolute Gasteiger partial charge is 0.321 e. The molecule has 0 aliphatic rings. The Hall–Kier alpha value is -1.13. The number of amides is 1. The third-order valence-electron chi connectivity index (χ3n) is 2.70. The lowest BCUT2D eigenvalue weighted by molar-refractivity contribution is 0.103. The third-order valence-corrected chi connectivity index (χ3v) is 4.30. The van der Waals surface area contributed by atoms with Crippen molar-refractivity contribution in [1.82, 2.24) is 0 Å². The Morgan fingerprint density at radius 2 is 2.00 bits per heavy atom. The van der Waals surface area contributed by atoms with Crippen LogP contribution in [0.5, 0.6) is 0 Å². The Labute approximate surface area is 119 Å². The highest BCUT2D eigenvalue weighted by atomic mass is 79.9. The van der Waals surface area contributed by atoms with Gasteiger partial charge in [-0.05, 0) is 41.1 Å². The van der Waals surface area contributed by atoms with Crippen LogP contribution in [0.3, 0.4) is 0 Å². The summed E-state index contributed by atoms with van der Waals surface area (Å²) in [7, 11) is 0. The van der Waals surface area contributed by atoms with Gasteiger partial charge in [0.25, 0.3) is 5.91 Å². The fraction of sp³-hybridized carbons (Fsp3) is 0.214. The smallest absolute Gasteiger partial charge is 0.266 e. The van der Waals surface area contributed by atoms with Crippen molar-refractivity contribution in [3.05, 3.63) is 51.7 Å². The van der Waals surface area contributed by atoms with Gasteiger partial charge < -0.3 is 5.32 Å². The lowest BCUT2D eigenvalue weighted by Crippen LogP contribution is -2.11. The van der Waals surface area contributed by atoms with E-state index >= 15 is 0 Å². The second-order valence-electron chi connectivity index (χ2n) is 3.91. The minimum absolute atomic E-state index is 0.0200. The molecule has 0 aliphatic carbocycles. The van der Waals surface area contributed by atoms with E-state index in [4.69, 9.17) is 0 Å². The van der Waals surface area contributed by atoms with Crippen LogP contribution in [0.15, 0.2) is 35.7 Å². The summed E-state index contributed by atoms with van der Waals surface area (Å²) < 4.78 is 0. The number of hydrogen-bond acceptors (Lipinski definition) is 2. The Kier molecular flexibility index (Phi) is 4.55. The number of benzene rings is 1. The predicted molar refractivity (Wildman–Crippen MR) is 80.7 cm³/mol. The Bertz CT molecular complexity index is 533. The highest BCUT2D eigenvalue weighted by molar-refractivity contribution is 9.08. The quantitative estimate of drug-likeness (QED) is 0.827. The van der Waals surface area contributed by atoms with Crippen LogP contribution in [0.4, 0.5) is 5.69 Å². The topological polar surface area (TPSA) is 29.1 Å². The number of halogens is 1. The molecular formula is C14H14BrNOS. The van der Waals surface area contributed by atoms with Crippen molar-refractivity contribution in [2.24, 2.45) is 0 Å². The minimum atomic E-state index is -0.0200.